The van der Waals surface area contributed by atoms with Gasteiger partial charge in [0.15, 0.2) is 12.4 Å². The standard InChI is InChI=1S/C21H26N2O5S/c1-15(2)19(23-20(25)17-10-6-12-27-17)21(26)28-14-18(24)22-11-7-13-29-16-8-4-3-5-9-16/h3-6,8-10,12,15,19H,7,11,13-14H2,1-2H3,(H,22,24)(H,23,25). The lowest BCUT2D eigenvalue weighted by Gasteiger charge is -2.20. The Labute approximate surface area is 174 Å². The first-order valence-electron chi connectivity index (χ1n) is 9.43. The van der Waals surface area contributed by atoms with E-state index in [2.05, 4.69) is 10.6 Å². The van der Waals surface area contributed by atoms with Gasteiger partial charge in [-0.05, 0) is 42.4 Å². The van der Waals surface area contributed by atoms with Crippen LogP contribution in [-0.4, -0.2) is 42.7 Å². The van der Waals surface area contributed by atoms with E-state index in [1.54, 1.807) is 31.7 Å². The molecule has 0 radical (unpaired) electrons. The quantitative estimate of drug-likeness (QED) is 0.331. The first-order valence-corrected chi connectivity index (χ1v) is 10.4. The zero-order valence-corrected chi connectivity index (χ0v) is 17.4. The van der Waals surface area contributed by atoms with E-state index in [4.69, 9.17) is 9.15 Å². The zero-order chi connectivity index (χ0) is 21.1. The van der Waals surface area contributed by atoms with Crippen LogP contribution in [-0.2, 0) is 14.3 Å². The number of rotatable bonds is 11. The predicted octanol–water partition coefficient (Wildman–Crippen LogP) is 2.88. The number of esters is 1. The number of nitrogens with one attached hydrogen (secondary N) is 2. The Hall–Kier alpha value is -2.74. The Morgan fingerprint density at radius 1 is 1.10 bits per heavy atom. The number of amides is 2. The molecule has 2 N–H and O–H groups in total. The third kappa shape index (κ3) is 8.03. The zero-order valence-electron chi connectivity index (χ0n) is 16.6. The maximum Gasteiger partial charge on any atom is 0.329 e. The third-order valence-corrected chi connectivity index (χ3v) is 5.05. The summed E-state index contributed by atoms with van der Waals surface area (Å²) in [6.07, 6.45) is 2.17. The highest BCUT2D eigenvalue weighted by molar-refractivity contribution is 7.99. The van der Waals surface area contributed by atoms with Gasteiger partial charge in [-0.15, -0.1) is 11.8 Å². The van der Waals surface area contributed by atoms with Gasteiger partial charge in [0.25, 0.3) is 11.8 Å². The Kier molecular flexibility index (Phi) is 9.30. The minimum Gasteiger partial charge on any atom is -0.459 e. The number of carbonyl (C=O) groups is 3. The summed E-state index contributed by atoms with van der Waals surface area (Å²) in [4.78, 5) is 37.4. The molecule has 2 rings (SSSR count). The first kappa shape index (κ1) is 22.5. The fourth-order valence-corrected chi connectivity index (χ4v) is 3.28. The van der Waals surface area contributed by atoms with Crippen molar-refractivity contribution in [3.8, 4) is 0 Å². The Balaban J connectivity index is 1.66. The lowest BCUT2D eigenvalue weighted by atomic mass is 10.0. The minimum atomic E-state index is -0.873. The molecular weight excluding hydrogens is 392 g/mol. The van der Waals surface area contributed by atoms with Gasteiger partial charge in [-0.1, -0.05) is 32.0 Å². The molecule has 0 spiro atoms. The fourth-order valence-electron chi connectivity index (χ4n) is 2.40. The molecule has 0 saturated heterocycles. The van der Waals surface area contributed by atoms with Crippen LogP contribution in [0.5, 0.6) is 0 Å². The topological polar surface area (TPSA) is 97.6 Å². The molecule has 1 aromatic carbocycles. The summed E-state index contributed by atoms with van der Waals surface area (Å²) in [6, 6.07) is 12.2. The predicted molar refractivity (Wildman–Crippen MR) is 111 cm³/mol. The molecule has 0 aliphatic heterocycles. The second kappa shape index (κ2) is 12.0. The van der Waals surface area contributed by atoms with Gasteiger partial charge in [-0.3, -0.25) is 9.59 Å². The van der Waals surface area contributed by atoms with Crippen molar-refractivity contribution >= 4 is 29.5 Å². The van der Waals surface area contributed by atoms with Gasteiger partial charge in [0.1, 0.15) is 6.04 Å². The monoisotopic (exact) mass is 418 g/mol. The molecule has 2 aromatic rings. The number of ether oxygens (including phenoxy) is 1. The smallest absolute Gasteiger partial charge is 0.329 e. The van der Waals surface area contributed by atoms with Crippen molar-refractivity contribution < 1.29 is 23.5 Å². The van der Waals surface area contributed by atoms with Gasteiger partial charge >= 0.3 is 5.97 Å². The second-order valence-corrected chi connectivity index (χ2v) is 7.81. The van der Waals surface area contributed by atoms with E-state index in [1.807, 2.05) is 30.3 Å². The van der Waals surface area contributed by atoms with Gasteiger partial charge in [0.05, 0.1) is 6.26 Å². The number of benzene rings is 1. The van der Waals surface area contributed by atoms with Gasteiger partial charge < -0.3 is 19.8 Å². The average molecular weight is 419 g/mol. The maximum absolute atomic E-state index is 12.3. The van der Waals surface area contributed by atoms with Crippen molar-refractivity contribution in [2.75, 3.05) is 18.9 Å². The third-order valence-electron chi connectivity index (χ3n) is 3.95. The van der Waals surface area contributed by atoms with Crippen LogP contribution >= 0.6 is 11.8 Å². The van der Waals surface area contributed by atoms with Crippen LogP contribution in [0.1, 0.15) is 30.8 Å². The molecule has 0 aliphatic rings. The van der Waals surface area contributed by atoms with Crippen LogP contribution in [0.4, 0.5) is 0 Å². The van der Waals surface area contributed by atoms with E-state index in [0.717, 1.165) is 12.2 Å². The van der Waals surface area contributed by atoms with Gasteiger partial charge in [-0.25, -0.2) is 4.79 Å². The van der Waals surface area contributed by atoms with Gasteiger partial charge in [-0.2, -0.15) is 0 Å². The molecule has 2 amide bonds. The van der Waals surface area contributed by atoms with E-state index in [0.29, 0.717) is 6.54 Å². The Bertz CT molecular complexity index is 778. The summed E-state index contributed by atoms with van der Waals surface area (Å²) in [6.45, 7) is 3.67. The number of hydrogen-bond donors (Lipinski definition) is 2. The van der Waals surface area contributed by atoms with E-state index in [-0.39, 0.29) is 24.2 Å². The van der Waals surface area contributed by atoms with Crippen LogP contribution in [0.25, 0.3) is 0 Å². The first-order chi connectivity index (χ1) is 14.0. The molecule has 0 fully saturated rings. The number of hydrogen-bond acceptors (Lipinski definition) is 6. The summed E-state index contributed by atoms with van der Waals surface area (Å²) >= 11 is 1.72. The molecule has 7 nitrogen and oxygen atoms in total. The molecule has 1 atom stereocenters. The van der Waals surface area contributed by atoms with E-state index >= 15 is 0 Å². The van der Waals surface area contributed by atoms with Crippen LogP contribution < -0.4 is 10.6 Å². The van der Waals surface area contributed by atoms with Crippen LogP contribution in [0, 0.1) is 5.92 Å². The normalized spacial score (nSPS) is 11.7. The summed E-state index contributed by atoms with van der Waals surface area (Å²) in [5, 5.41) is 5.30. The Morgan fingerprint density at radius 3 is 2.52 bits per heavy atom. The van der Waals surface area contributed by atoms with Crippen LogP contribution in [0.3, 0.4) is 0 Å². The van der Waals surface area contributed by atoms with Crippen molar-refractivity contribution in [1.82, 2.24) is 10.6 Å². The maximum atomic E-state index is 12.3. The molecule has 0 bridgehead atoms. The van der Waals surface area contributed by atoms with Gasteiger partial charge in [0, 0.05) is 11.4 Å². The molecule has 29 heavy (non-hydrogen) atoms. The molecular formula is C21H26N2O5S. The molecule has 156 valence electrons. The number of furan rings is 1. The average Bonchev–Trinajstić information content (AvgIpc) is 3.25. The number of thioether (sulfide) groups is 1. The summed E-state index contributed by atoms with van der Waals surface area (Å²) in [5.41, 5.74) is 0. The van der Waals surface area contributed by atoms with Crippen LogP contribution in [0.15, 0.2) is 58.0 Å². The lowest BCUT2D eigenvalue weighted by molar-refractivity contribution is -0.151. The largest absolute Gasteiger partial charge is 0.459 e. The summed E-state index contributed by atoms with van der Waals surface area (Å²) in [5.74, 6) is -0.768. The Morgan fingerprint density at radius 2 is 1.86 bits per heavy atom. The SMILES string of the molecule is CC(C)C(NC(=O)c1ccco1)C(=O)OCC(=O)NCCCSc1ccccc1. The highest BCUT2D eigenvalue weighted by atomic mass is 32.2. The second-order valence-electron chi connectivity index (χ2n) is 6.65. The van der Waals surface area contributed by atoms with Crippen molar-refractivity contribution in [3.05, 3.63) is 54.5 Å². The molecule has 0 aliphatic carbocycles. The summed E-state index contributed by atoms with van der Waals surface area (Å²) in [7, 11) is 0. The fraction of sp³-hybridized carbons (Fsp3) is 0.381. The van der Waals surface area contributed by atoms with Crippen LogP contribution in [0.2, 0.25) is 0 Å². The highest BCUT2D eigenvalue weighted by Crippen LogP contribution is 2.17. The molecule has 1 heterocycles. The minimum absolute atomic E-state index is 0.106. The van der Waals surface area contributed by atoms with Crippen molar-refractivity contribution in [2.24, 2.45) is 5.92 Å². The molecule has 0 saturated carbocycles. The number of carbonyl (C=O) groups excluding carboxylic acids is 3. The van der Waals surface area contributed by atoms with E-state index in [1.165, 1.54) is 17.2 Å². The van der Waals surface area contributed by atoms with E-state index in [9.17, 15) is 14.4 Å². The molecule has 1 unspecified atom stereocenters. The molecule has 1 aromatic heterocycles. The van der Waals surface area contributed by atoms with Crippen molar-refractivity contribution in [3.63, 3.8) is 0 Å². The van der Waals surface area contributed by atoms with Crippen molar-refractivity contribution in [2.45, 2.75) is 31.2 Å². The lowest BCUT2D eigenvalue weighted by Crippen LogP contribution is -2.46. The summed E-state index contributed by atoms with van der Waals surface area (Å²) < 4.78 is 10.1. The van der Waals surface area contributed by atoms with E-state index < -0.39 is 17.9 Å². The van der Waals surface area contributed by atoms with Crippen molar-refractivity contribution in [1.29, 1.82) is 0 Å². The molecule has 8 heteroatoms. The van der Waals surface area contributed by atoms with Gasteiger partial charge in [0.2, 0.25) is 0 Å². The highest BCUT2D eigenvalue weighted by Gasteiger charge is 2.27.